The fraction of sp³-hybridized carbons (Fsp3) is 0.188. The molecule has 0 saturated heterocycles. The number of nitrogens with zero attached hydrogens (tertiary/aromatic N) is 2. The molecule has 0 saturated carbocycles. The van der Waals surface area contributed by atoms with Crippen molar-refractivity contribution >= 4 is 22.8 Å². The van der Waals surface area contributed by atoms with Crippen molar-refractivity contribution in [3.05, 3.63) is 54.4 Å². The van der Waals surface area contributed by atoms with Gasteiger partial charge >= 0.3 is 0 Å². The summed E-state index contributed by atoms with van der Waals surface area (Å²) in [5.41, 5.74) is 3.51. The first-order chi connectivity index (χ1) is 9.76. The van der Waals surface area contributed by atoms with Crippen LogP contribution in [0, 0.1) is 0 Å². The Kier molecular flexibility index (Phi) is 3.65. The number of imidazole rings is 1. The first-order valence-electron chi connectivity index (χ1n) is 6.43. The van der Waals surface area contributed by atoms with E-state index < -0.39 is 0 Å². The number of aryl methyl sites for hydroxylation is 1. The molecule has 1 aromatic heterocycles. The Bertz CT molecular complexity index is 719. The highest BCUT2D eigenvalue weighted by molar-refractivity contribution is 7.98. The maximum Gasteiger partial charge on any atom is 0.118 e. The molecule has 3 aromatic rings. The van der Waals surface area contributed by atoms with E-state index in [2.05, 4.69) is 35.3 Å². The fourth-order valence-corrected chi connectivity index (χ4v) is 2.97. The first-order valence-corrected chi connectivity index (χ1v) is 7.41. The van der Waals surface area contributed by atoms with Crippen LogP contribution in [-0.2, 0) is 12.8 Å². The second-order valence-electron chi connectivity index (χ2n) is 4.64. The second kappa shape index (κ2) is 5.59. The summed E-state index contributed by atoms with van der Waals surface area (Å²) in [4.78, 5) is 5.60. The number of methoxy groups -OCH3 is 1. The third-order valence-electron chi connectivity index (χ3n) is 3.26. The lowest BCUT2D eigenvalue weighted by molar-refractivity contribution is 0.414. The zero-order valence-electron chi connectivity index (χ0n) is 11.5. The lowest BCUT2D eigenvalue weighted by Gasteiger charge is -2.04. The molecule has 3 nitrogen and oxygen atoms in total. The van der Waals surface area contributed by atoms with E-state index >= 15 is 0 Å². The summed E-state index contributed by atoms with van der Waals surface area (Å²) < 4.78 is 7.22. The summed E-state index contributed by atoms with van der Waals surface area (Å²) in [6, 6.07) is 14.6. The van der Waals surface area contributed by atoms with Gasteiger partial charge < -0.3 is 9.30 Å². The van der Waals surface area contributed by atoms with Gasteiger partial charge in [-0.25, -0.2) is 4.98 Å². The van der Waals surface area contributed by atoms with Gasteiger partial charge in [0.2, 0.25) is 0 Å². The summed E-state index contributed by atoms with van der Waals surface area (Å²) in [6.07, 6.45) is 1.85. The number of benzene rings is 2. The zero-order chi connectivity index (χ0) is 13.9. The third-order valence-corrected chi connectivity index (χ3v) is 4.33. The van der Waals surface area contributed by atoms with E-state index in [-0.39, 0.29) is 0 Å². The molecule has 1 heterocycles. The van der Waals surface area contributed by atoms with Crippen molar-refractivity contribution < 1.29 is 4.74 Å². The Morgan fingerprint density at radius 2 is 1.95 bits per heavy atom. The predicted octanol–water partition coefficient (Wildman–Crippen LogP) is 3.87. The van der Waals surface area contributed by atoms with Crippen molar-refractivity contribution in [1.29, 1.82) is 0 Å². The highest BCUT2D eigenvalue weighted by atomic mass is 32.2. The minimum atomic E-state index is 0.898. The Hall–Kier alpha value is -1.94. The smallest absolute Gasteiger partial charge is 0.118 e. The van der Waals surface area contributed by atoms with Crippen molar-refractivity contribution in [3.8, 4) is 5.75 Å². The molecule has 0 bridgehead atoms. The molecular weight excluding hydrogens is 268 g/mol. The molecule has 0 fully saturated rings. The largest absolute Gasteiger partial charge is 0.497 e. The van der Waals surface area contributed by atoms with Gasteiger partial charge in [-0.15, -0.1) is 11.8 Å². The van der Waals surface area contributed by atoms with Gasteiger partial charge in [0.05, 0.1) is 24.5 Å². The molecule has 0 spiro atoms. The van der Waals surface area contributed by atoms with Crippen LogP contribution < -0.4 is 4.74 Å². The molecule has 0 aliphatic carbocycles. The lowest BCUT2D eigenvalue weighted by Crippen LogP contribution is -1.86. The van der Waals surface area contributed by atoms with Gasteiger partial charge in [0, 0.05) is 17.7 Å². The number of rotatable bonds is 4. The van der Waals surface area contributed by atoms with E-state index in [0.717, 1.165) is 17.0 Å². The summed E-state index contributed by atoms with van der Waals surface area (Å²) >= 11 is 1.83. The predicted molar refractivity (Wildman–Crippen MR) is 83.3 cm³/mol. The average Bonchev–Trinajstić information content (AvgIpc) is 2.87. The first kappa shape index (κ1) is 13.1. The zero-order valence-corrected chi connectivity index (χ0v) is 12.4. The lowest BCUT2D eigenvalue weighted by atomic mass is 10.2. The van der Waals surface area contributed by atoms with Crippen LogP contribution in [0.2, 0.25) is 0 Å². The molecule has 3 rings (SSSR count). The van der Waals surface area contributed by atoms with Crippen LogP contribution in [-0.4, -0.2) is 16.7 Å². The van der Waals surface area contributed by atoms with E-state index in [9.17, 15) is 0 Å². The molecular formula is C16H16N2OS. The number of hydrogen-bond acceptors (Lipinski definition) is 3. The van der Waals surface area contributed by atoms with Crippen LogP contribution in [0.5, 0.6) is 5.75 Å². The fourth-order valence-electron chi connectivity index (χ4n) is 2.08. The Morgan fingerprint density at radius 3 is 2.70 bits per heavy atom. The van der Waals surface area contributed by atoms with Gasteiger partial charge in [0.25, 0.3) is 0 Å². The Balaban J connectivity index is 1.73. The van der Waals surface area contributed by atoms with Gasteiger partial charge in [0.1, 0.15) is 5.75 Å². The van der Waals surface area contributed by atoms with Crippen LogP contribution in [0.4, 0.5) is 0 Å². The number of ether oxygens (including phenoxy) is 1. The van der Waals surface area contributed by atoms with Gasteiger partial charge in [0.15, 0.2) is 0 Å². The molecule has 0 unspecified atom stereocenters. The van der Waals surface area contributed by atoms with Gasteiger partial charge in [-0.05, 0) is 35.9 Å². The quantitative estimate of drug-likeness (QED) is 0.680. The molecule has 0 aliphatic heterocycles. The highest BCUT2D eigenvalue weighted by Gasteiger charge is 2.02. The molecule has 0 aliphatic rings. The van der Waals surface area contributed by atoms with Gasteiger partial charge in [-0.3, -0.25) is 0 Å². The number of thioether (sulfide) groups is 1. The van der Waals surface area contributed by atoms with Crippen molar-refractivity contribution in [3.63, 3.8) is 0 Å². The van der Waals surface area contributed by atoms with Crippen LogP contribution in [0.25, 0.3) is 11.0 Å². The minimum Gasteiger partial charge on any atom is -0.497 e. The van der Waals surface area contributed by atoms with Crippen molar-refractivity contribution in [1.82, 2.24) is 9.55 Å². The van der Waals surface area contributed by atoms with E-state index in [1.54, 1.807) is 7.11 Å². The summed E-state index contributed by atoms with van der Waals surface area (Å²) in [6.45, 7) is 0. The van der Waals surface area contributed by atoms with E-state index in [0.29, 0.717) is 0 Å². The van der Waals surface area contributed by atoms with Crippen molar-refractivity contribution in [2.75, 3.05) is 7.11 Å². The molecule has 0 amide bonds. The second-order valence-corrected chi connectivity index (χ2v) is 5.69. The monoisotopic (exact) mass is 284 g/mol. The molecule has 102 valence electrons. The van der Waals surface area contributed by atoms with Gasteiger partial charge in [-0.2, -0.15) is 0 Å². The van der Waals surface area contributed by atoms with E-state index in [1.807, 2.05) is 41.8 Å². The van der Waals surface area contributed by atoms with Crippen molar-refractivity contribution in [2.24, 2.45) is 7.05 Å². The molecule has 0 atom stereocenters. The Labute approximate surface area is 122 Å². The highest BCUT2D eigenvalue weighted by Crippen LogP contribution is 2.26. The van der Waals surface area contributed by atoms with Crippen LogP contribution >= 0.6 is 11.8 Å². The molecule has 0 radical (unpaired) electrons. The van der Waals surface area contributed by atoms with Gasteiger partial charge in [-0.1, -0.05) is 12.1 Å². The minimum absolute atomic E-state index is 0.898. The van der Waals surface area contributed by atoms with Crippen LogP contribution in [0.15, 0.2) is 53.7 Å². The molecule has 4 heteroatoms. The summed E-state index contributed by atoms with van der Waals surface area (Å²) in [5.74, 6) is 1.85. The number of hydrogen-bond donors (Lipinski definition) is 0. The Morgan fingerprint density at radius 1 is 1.15 bits per heavy atom. The summed E-state index contributed by atoms with van der Waals surface area (Å²) in [7, 11) is 3.71. The number of fused-ring (bicyclic) bond motifs is 1. The molecule has 20 heavy (non-hydrogen) atoms. The van der Waals surface area contributed by atoms with Crippen LogP contribution in [0.3, 0.4) is 0 Å². The topological polar surface area (TPSA) is 27.1 Å². The maximum absolute atomic E-state index is 5.17. The van der Waals surface area contributed by atoms with E-state index in [4.69, 9.17) is 4.74 Å². The normalized spacial score (nSPS) is 10.9. The maximum atomic E-state index is 5.17. The average molecular weight is 284 g/mol. The standard InChI is InChI=1S/C16H16N2OS/c1-18-11-17-15-8-7-14(9-16(15)18)20-10-12-3-5-13(19-2)6-4-12/h3-9,11H,10H2,1-2H3. The summed E-state index contributed by atoms with van der Waals surface area (Å²) in [5, 5.41) is 0. The third kappa shape index (κ3) is 2.65. The van der Waals surface area contributed by atoms with Crippen molar-refractivity contribution in [2.45, 2.75) is 10.6 Å². The SMILES string of the molecule is COc1ccc(CSc2ccc3ncn(C)c3c2)cc1. The van der Waals surface area contributed by atoms with Crippen LogP contribution in [0.1, 0.15) is 5.56 Å². The number of aromatic nitrogens is 2. The molecule has 2 aromatic carbocycles. The van der Waals surface area contributed by atoms with E-state index in [1.165, 1.54) is 16.0 Å². The molecule has 0 N–H and O–H groups in total.